The molecule has 0 unspecified atom stereocenters. The molecule has 1 aromatic heterocycles. The minimum absolute atomic E-state index is 0.213. The summed E-state index contributed by atoms with van der Waals surface area (Å²) in [7, 11) is 2.22. The Bertz CT molecular complexity index is 787. The van der Waals surface area contributed by atoms with Crippen molar-refractivity contribution in [1.82, 2.24) is 20.0 Å². The maximum absolute atomic E-state index is 11.3. The van der Waals surface area contributed by atoms with Crippen LogP contribution in [-0.2, 0) is 6.54 Å². The molecule has 0 amide bonds. The van der Waals surface area contributed by atoms with Gasteiger partial charge in [0.15, 0.2) is 0 Å². The second-order valence-corrected chi connectivity index (χ2v) is 7.43. The number of aromatic carboxylic acids is 1. The molecule has 0 spiro atoms. The first-order chi connectivity index (χ1) is 12.0. The Balaban J connectivity index is 1.52. The van der Waals surface area contributed by atoms with E-state index >= 15 is 0 Å². The van der Waals surface area contributed by atoms with Gasteiger partial charge in [0.1, 0.15) is 5.69 Å². The fourth-order valence-corrected chi connectivity index (χ4v) is 4.72. The number of carboxylic acid groups (broad SMARTS) is 1. The SMILES string of the molecule is Cc1ccccc1[C@H]1[C@@H]2CN(Cc3cn[nH]c3C(=O)O)C[C@@H]2CN1C. The van der Waals surface area contributed by atoms with Crippen LogP contribution in [0.15, 0.2) is 30.5 Å². The number of likely N-dealkylation sites (tertiary alicyclic amines) is 2. The number of fused-ring (bicyclic) bond motifs is 1. The van der Waals surface area contributed by atoms with Crippen molar-refractivity contribution in [3.63, 3.8) is 0 Å². The summed E-state index contributed by atoms with van der Waals surface area (Å²) in [4.78, 5) is 16.1. The molecule has 2 aliphatic rings. The van der Waals surface area contributed by atoms with Crippen LogP contribution in [0.1, 0.15) is 33.2 Å². The molecule has 3 atom stereocenters. The summed E-state index contributed by atoms with van der Waals surface area (Å²) in [5.41, 5.74) is 3.76. The van der Waals surface area contributed by atoms with Gasteiger partial charge in [0, 0.05) is 37.8 Å². The second kappa shape index (κ2) is 6.28. The number of aromatic nitrogens is 2. The van der Waals surface area contributed by atoms with Gasteiger partial charge in [-0.1, -0.05) is 24.3 Å². The van der Waals surface area contributed by atoms with Gasteiger partial charge in [0.2, 0.25) is 0 Å². The summed E-state index contributed by atoms with van der Waals surface area (Å²) in [6.07, 6.45) is 1.64. The molecule has 2 aliphatic heterocycles. The number of hydrogen-bond acceptors (Lipinski definition) is 4. The van der Waals surface area contributed by atoms with Crippen LogP contribution in [-0.4, -0.2) is 57.8 Å². The number of hydrogen-bond donors (Lipinski definition) is 2. The molecular weight excluding hydrogens is 316 g/mol. The van der Waals surface area contributed by atoms with Crippen LogP contribution in [0.4, 0.5) is 0 Å². The summed E-state index contributed by atoms with van der Waals surface area (Å²) in [5.74, 6) is 0.283. The van der Waals surface area contributed by atoms with E-state index in [9.17, 15) is 9.90 Å². The molecule has 4 rings (SSSR count). The summed E-state index contributed by atoms with van der Waals surface area (Å²) in [6.45, 7) is 5.94. The van der Waals surface area contributed by atoms with Gasteiger partial charge in [-0.05, 0) is 36.9 Å². The predicted molar refractivity (Wildman–Crippen MR) is 94.4 cm³/mol. The van der Waals surface area contributed by atoms with E-state index in [-0.39, 0.29) is 5.69 Å². The van der Waals surface area contributed by atoms with Crippen molar-refractivity contribution in [2.24, 2.45) is 11.8 Å². The maximum Gasteiger partial charge on any atom is 0.354 e. The Hall–Kier alpha value is -2.18. The second-order valence-electron chi connectivity index (χ2n) is 7.43. The molecule has 0 radical (unpaired) electrons. The predicted octanol–water partition coefficient (Wildman–Crippen LogP) is 2.15. The third-order valence-corrected chi connectivity index (χ3v) is 5.80. The van der Waals surface area contributed by atoms with Crippen molar-refractivity contribution in [2.45, 2.75) is 19.5 Å². The van der Waals surface area contributed by atoms with Gasteiger partial charge in [-0.2, -0.15) is 5.10 Å². The lowest BCUT2D eigenvalue weighted by Crippen LogP contribution is -2.29. The van der Waals surface area contributed by atoms with Gasteiger partial charge >= 0.3 is 5.97 Å². The molecular formula is C19H24N4O2. The van der Waals surface area contributed by atoms with E-state index in [2.05, 4.69) is 58.2 Å². The smallest absolute Gasteiger partial charge is 0.354 e. The third kappa shape index (κ3) is 2.85. The Morgan fingerprint density at radius 2 is 2.12 bits per heavy atom. The zero-order valence-corrected chi connectivity index (χ0v) is 14.6. The standard InChI is InChI=1S/C19H24N4O2/c1-12-5-3-4-6-15(12)18-16-11-23(10-14(16)8-22(18)2)9-13-7-20-21-17(13)19(24)25/h3-7,14,16,18H,8-11H2,1-2H3,(H,20,21)(H,24,25)/t14-,16+,18-/m0/s1. The fraction of sp³-hybridized carbons (Fsp3) is 0.474. The number of rotatable bonds is 4. The molecule has 1 aromatic carbocycles. The van der Waals surface area contributed by atoms with Crippen molar-refractivity contribution in [3.8, 4) is 0 Å². The van der Waals surface area contributed by atoms with Gasteiger partial charge in [0.05, 0.1) is 6.20 Å². The van der Waals surface area contributed by atoms with E-state index in [4.69, 9.17) is 0 Å². The van der Waals surface area contributed by atoms with Gasteiger partial charge < -0.3 is 5.11 Å². The van der Waals surface area contributed by atoms with E-state index in [1.807, 2.05) is 0 Å². The highest BCUT2D eigenvalue weighted by atomic mass is 16.4. The lowest BCUT2D eigenvalue weighted by molar-refractivity contribution is 0.0688. The Kier molecular flexibility index (Phi) is 4.09. The normalized spacial score (nSPS) is 26.9. The Labute approximate surface area is 147 Å². The molecule has 0 saturated carbocycles. The molecule has 0 aliphatic carbocycles. The minimum atomic E-state index is -0.940. The zero-order valence-electron chi connectivity index (χ0n) is 14.6. The average Bonchev–Trinajstić information content (AvgIpc) is 3.23. The first-order valence-electron chi connectivity index (χ1n) is 8.78. The number of carboxylic acids is 1. The van der Waals surface area contributed by atoms with E-state index in [1.54, 1.807) is 6.20 Å². The third-order valence-electron chi connectivity index (χ3n) is 5.80. The molecule has 3 heterocycles. The first kappa shape index (κ1) is 16.3. The number of aryl methyl sites for hydroxylation is 1. The molecule has 2 N–H and O–H groups in total. The number of H-pyrrole nitrogens is 1. The molecule has 132 valence electrons. The molecule has 0 bridgehead atoms. The zero-order chi connectivity index (χ0) is 17.6. The molecule has 6 heteroatoms. The van der Waals surface area contributed by atoms with Gasteiger partial charge in [-0.3, -0.25) is 14.9 Å². The first-order valence-corrected chi connectivity index (χ1v) is 8.78. The molecule has 25 heavy (non-hydrogen) atoms. The van der Waals surface area contributed by atoms with Crippen LogP contribution in [0.3, 0.4) is 0 Å². The number of nitrogens with one attached hydrogen (secondary N) is 1. The number of benzene rings is 1. The van der Waals surface area contributed by atoms with Crippen molar-refractivity contribution < 1.29 is 9.90 Å². The van der Waals surface area contributed by atoms with Gasteiger partial charge in [-0.15, -0.1) is 0 Å². The van der Waals surface area contributed by atoms with Gasteiger partial charge in [-0.25, -0.2) is 4.79 Å². The topological polar surface area (TPSA) is 72.5 Å². The number of aromatic amines is 1. The lowest BCUT2D eigenvalue weighted by atomic mass is 9.88. The van der Waals surface area contributed by atoms with E-state index in [0.717, 1.165) is 25.2 Å². The average molecular weight is 340 g/mol. The molecule has 2 fully saturated rings. The number of carbonyl (C=O) groups is 1. The van der Waals surface area contributed by atoms with Crippen LogP contribution >= 0.6 is 0 Å². The van der Waals surface area contributed by atoms with E-state index in [1.165, 1.54) is 11.1 Å². The van der Waals surface area contributed by atoms with Crippen LogP contribution < -0.4 is 0 Å². The molecule has 6 nitrogen and oxygen atoms in total. The van der Waals surface area contributed by atoms with Crippen molar-refractivity contribution in [1.29, 1.82) is 0 Å². The largest absolute Gasteiger partial charge is 0.477 e. The summed E-state index contributed by atoms with van der Waals surface area (Å²) >= 11 is 0. The highest BCUT2D eigenvalue weighted by Gasteiger charge is 2.46. The summed E-state index contributed by atoms with van der Waals surface area (Å²) in [6, 6.07) is 9.10. The lowest BCUT2D eigenvalue weighted by Gasteiger charge is -2.28. The quantitative estimate of drug-likeness (QED) is 0.892. The van der Waals surface area contributed by atoms with Crippen LogP contribution in [0.5, 0.6) is 0 Å². The number of nitrogens with zero attached hydrogens (tertiary/aromatic N) is 3. The van der Waals surface area contributed by atoms with Gasteiger partial charge in [0.25, 0.3) is 0 Å². The van der Waals surface area contributed by atoms with Crippen molar-refractivity contribution in [3.05, 3.63) is 52.8 Å². The highest BCUT2D eigenvalue weighted by Crippen LogP contribution is 2.45. The van der Waals surface area contributed by atoms with Crippen LogP contribution in [0, 0.1) is 18.8 Å². The summed E-state index contributed by atoms with van der Waals surface area (Å²) in [5, 5.41) is 15.7. The van der Waals surface area contributed by atoms with Crippen LogP contribution in [0.25, 0.3) is 0 Å². The minimum Gasteiger partial charge on any atom is -0.477 e. The van der Waals surface area contributed by atoms with Crippen LogP contribution in [0.2, 0.25) is 0 Å². The Morgan fingerprint density at radius 1 is 1.32 bits per heavy atom. The highest BCUT2D eigenvalue weighted by molar-refractivity contribution is 5.86. The van der Waals surface area contributed by atoms with E-state index < -0.39 is 5.97 Å². The Morgan fingerprint density at radius 3 is 2.88 bits per heavy atom. The van der Waals surface area contributed by atoms with E-state index in [0.29, 0.717) is 24.4 Å². The summed E-state index contributed by atoms with van der Waals surface area (Å²) < 4.78 is 0. The van der Waals surface area contributed by atoms with Crippen molar-refractivity contribution in [2.75, 3.05) is 26.7 Å². The maximum atomic E-state index is 11.3. The fourth-order valence-electron chi connectivity index (χ4n) is 4.72. The monoisotopic (exact) mass is 340 g/mol. The van der Waals surface area contributed by atoms with Crippen molar-refractivity contribution >= 4 is 5.97 Å². The molecule has 2 saturated heterocycles. The molecule has 2 aromatic rings.